The molecule has 0 aromatic rings. The van der Waals surface area contributed by atoms with Gasteiger partial charge < -0.3 is 5.32 Å². The van der Waals surface area contributed by atoms with Crippen molar-refractivity contribution in [3.8, 4) is 0 Å². The van der Waals surface area contributed by atoms with E-state index in [9.17, 15) is 8.42 Å². The van der Waals surface area contributed by atoms with Gasteiger partial charge >= 0.3 is 0 Å². The second-order valence-corrected chi connectivity index (χ2v) is 6.66. The summed E-state index contributed by atoms with van der Waals surface area (Å²) >= 11 is 0. The Labute approximate surface area is 104 Å². The van der Waals surface area contributed by atoms with Crippen molar-refractivity contribution in [2.45, 2.75) is 44.6 Å². The molecule has 2 N–H and O–H groups in total. The summed E-state index contributed by atoms with van der Waals surface area (Å²) in [6.45, 7) is 3.18. The summed E-state index contributed by atoms with van der Waals surface area (Å²) < 4.78 is 28.9. The van der Waals surface area contributed by atoms with Gasteiger partial charge in [0.25, 0.3) is 10.2 Å². The van der Waals surface area contributed by atoms with E-state index in [2.05, 4.69) is 10.0 Å². The summed E-state index contributed by atoms with van der Waals surface area (Å²) in [5.41, 5.74) is 0. The highest BCUT2D eigenvalue weighted by molar-refractivity contribution is 7.87. The zero-order valence-electron chi connectivity index (χ0n) is 10.3. The Balaban J connectivity index is 1.91. The Bertz CT molecular complexity index is 318. The summed E-state index contributed by atoms with van der Waals surface area (Å²) in [7, 11) is -3.25. The Hall–Kier alpha value is -0.170. The van der Waals surface area contributed by atoms with Crippen LogP contribution < -0.4 is 10.0 Å². The van der Waals surface area contributed by atoms with Crippen molar-refractivity contribution in [3.63, 3.8) is 0 Å². The first-order chi connectivity index (χ1) is 8.18. The van der Waals surface area contributed by atoms with Crippen LogP contribution in [-0.4, -0.2) is 44.9 Å². The molecule has 17 heavy (non-hydrogen) atoms. The molecule has 2 saturated heterocycles. The third kappa shape index (κ3) is 3.91. The minimum Gasteiger partial charge on any atom is -0.317 e. The molecule has 0 aromatic carbocycles. The van der Waals surface area contributed by atoms with Gasteiger partial charge in [-0.1, -0.05) is 12.8 Å². The third-order valence-electron chi connectivity index (χ3n) is 3.56. The first-order valence-electron chi connectivity index (χ1n) is 6.66. The van der Waals surface area contributed by atoms with Crippen molar-refractivity contribution in [2.24, 2.45) is 0 Å². The van der Waals surface area contributed by atoms with Gasteiger partial charge in [0.1, 0.15) is 0 Å². The van der Waals surface area contributed by atoms with E-state index in [4.69, 9.17) is 0 Å². The fourth-order valence-electron chi connectivity index (χ4n) is 2.51. The van der Waals surface area contributed by atoms with E-state index in [1.807, 2.05) is 0 Å². The Kier molecular flexibility index (Phi) is 4.78. The number of nitrogens with one attached hydrogen (secondary N) is 2. The van der Waals surface area contributed by atoms with E-state index in [1.165, 1.54) is 0 Å². The van der Waals surface area contributed by atoms with Crippen LogP contribution in [0.3, 0.4) is 0 Å². The highest BCUT2D eigenvalue weighted by Gasteiger charge is 2.26. The molecule has 0 bridgehead atoms. The second kappa shape index (κ2) is 6.13. The predicted octanol–water partition coefficient (Wildman–Crippen LogP) is 0.449. The molecular weight excluding hydrogens is 238 g/mol. The van der Waals surface area contributed by atoms with Crippen LogP contribution in [0.15, 0.2) is 0 Å². The number of piperidine rings is 1. The van der Waals surface area contributed by atoms with Crippen LogP contribution in [0.2, 0.25) is 0 Å². The molecule has 0 atom stereocenters. The highest BCUT2D eigenvalue weighted by Crippen LogP contribution is 2.14. The highest BCUT2D eigenvalue weighted by atomic mass is 32.2. The summed E-state index contributed by atoms with van der Waals surface area (Å²) in [6, 6.07) is 0.115. The number of rotatable bonds is 3. The maximum Gasteiger partial charge on any atom is 0.279 e. The quantitative estimate of drug-likeness (QED) is 0.775. The van der Waals surface area contributed by atoms with E-state index in [-0.39, 0.29) is 6.04 Å². The lowest BCUT2D eigenvalue weighted by atomic mass is 10.1. The average molecular weight is 261 g/mol. The topological polar surface area (TPSA) is 61.4 Å². The minimum absolute atomic E-state index is 0.115. The molecule has 0 aliphatic carbocycles. The van der Waals surface area contributed by atoms with Gasteiger partial charge in [-0.15, -0.1) is 0 Å². The molecule has 0 amide bonds. The maximum absolute atomic E-state index is 12.2. The fourth-order valence-corrected chi connectivity index (χ4v) is 4.05. The van der Waals surface area contributed by atoms with Gasteiger partial charge in [0.15, 0.2) is 0 Å². The lowest BCUT2D eigenvalue weighted by Crippen LogP contribution is -2.49. The van der Waals surface area contributed by atoms with Crippen LogP contribution in [0.25, 0.3) is 0 Å². The van der Waals surface area contributed by atoms with Gasteiger partial charge in [0.05, 0.1) is 0 Å². The molecule has 2 fully saturated rings. The van der Waals surface area contributed by atoms with E-state index < -0.39 is 10.2 Å². The van der Waals surface area contributed by atoms with Crippen LogP contribution in [-0.2, 0) is 10.2 Å². The van der Waals surface area contributed by atoms with Gasteiger partial charge in [0, 0.05) is 19.1 Å². The van der Waals surface area contributed by atoms with E-state index in [0.717, 1.165) is 51.6 Å². The Morgan fingerprint density at radius 1 is 1.00 bits per heavy atom. The zero-order chi connectivity index (χ0) is 12.1. The molecule has 0 radical (unpaired) electrons. The molecule has 2 rings (SSSR count). The summed E-state index contributed by atoms with van der Waals surface area (Å²) in [4.78, 5) is 0. The van der Waals surface area contributed by atoms with Gasteiger partial charge in [0.2, 0.25) is 0 Å². The van der Waals surface area contributed by atoms with Crippen LogP contribution in [0.4, 0.5) is 0 Å². The lowest BCUT2D eigenvalue weighted by Gasteiger charge is -2.27. The molecule has 0 aromatic heterocycles. The largest absolute Gasteiger partial charge is 0.317 e. The molecule has 5 nitrogen and oxygen atoms in total. The molecule has 0 saturated carbocycles. The van der Waals surface area contributed by atoms with E-state index in [1.54, 1.807) is 4.31 Å². The van der Waals surface area contributed by atoms with Crippen molar-refractivity contribution >= 4 is 10.2 Å². The Morgan fingerprint density at radius 2 is 1.59 bits per heavy atom. The van der Waals surface area contributed by atoms with Gasteiger partial charge in [-0.2, -0.15) is 17.4 Å². The average Bonchev–Trinajstić information content (AvgIpc) is 2.58. The monoisotopic (exact) mass is 261 g/mol. The molecule has 6 heteroatoms. The van der Waals surface area contributed by atoms with Crippen LogP contribution in [0.1, 0.15) is 38.5 Å². The van der Waals surface area contributed by atoms with Gasteiger partial charge in [-0.05, 0) is 38.8 Å². The summed E-state index contributed by atoms with van der Waals surface area (Å²) in [6.07, 6.45) is 6.08. The van der Waals surface area contributed by atoms with Crippen molar-refractivity contribution in [1.82, 2.24) is 14.3 Å². The molecular formula is C11H23N3O2S. The van der Waals surface area contributed by atoms with Crippen LogP contribution in [0.5, 0.6) is 0 Å². The molecule has 0 unspecified atom stereocenters. The zero-order valence-corrected chi connectivity index (χ0v) is 11.1. The van der Waals surface area contributed by atoms with E-state index in [0.29, 0.717) is 13.1 Å². The second-order valence-electron chi connectivity index (χ2n) is 4.96. The molecule has 2 heterocycles. The number of hydrogen-bond acceptors (Lipinski definition) is 3. The van der Waals surface area contributed by atoms with Crippen molar-refractivity contribution in [2.75, 3.05) is 26.2 Å². The van der Waals surface area contributed by atoms with Crippen molar-refractivity contribution in [3.05, 3.63) is 0 Å². The molecule has 0 spiro atoms. The fraction of sp³-hybridized carbons (Fsp3) is 1.00. The standard InChI is InChI=1S/C11H23N3O2S/c15-17(16,13-11-5-7-12-8-6-11)14-9-3-1-2-4-10-14/h11-13H,1-10H2. The van der Waals surface area contributed by atoms with Crippen molar-refractivity contribution < 1.29 is 8.42 Å². The third-order valence-corrected chi connectivity index (χ3v) is 5.24. The first kappa shape index (κ1) is 13.3. The Morgan fingerprint density at radius 3 is 2.18 bits per heavy atom. The minimum atomic E-state index is -3.25. The molecule has 100 valence electrons. The van der Waals surface area contributed by atoms with Crippen LogP contribution in [0, 0.1) is 0 Å². The normalized spacial score (nSPS) is 25.6. The van der Waals surface area contributed by atoms with Crippen LogP contribution >= 0.6 is 0 Å². The summed E-state index contributed by atoms with van der Waals surface area (Å²) in [5.74, 6) is 0. The smallest absolute Gasteiger partial charge is 0.279 e. The summed E-state index contributed by atoms with van der Waals surface area (Å²) in [5, 5.41) is 3.24. The van der Waals surface area contributed by atoms with Crippen molar-refractivity contribution in [1.29, 1.82) is 0 Å². The van der Waals surface area contributed by atoms with Gasteiger partial charge in [-0.3, -0.25) is 0 Å². The molecule has 2 aliphatic rings. The lowest BCUT2D eigenvalue weighted by molar-refractivity contribution is 0.383. The predicted molar refractivity (Wildman–Crippen MR) is 68.0 cm³/mol. The SMILES string of the molecule is O=S(=O)(NC1CCNCC1)N1CCCCCC1. The number of hydrogen-bond donors (Lipinski definition) is 2. The van der Waals surface area contributed by atoms with E-state index >= 15 is 0 Å². The van der Waals surface area contributed by atoms with Gasteiger partial charge in [-0.25, -0.2) is 0 Å². The first-order valence-corrected chi connectivity index (χ1v) is 8.10. The maximum atomic E-state index is 12.2. The molecule has 2 aliphatic heterocycles. The number of nitrogens with zero attached hydrogens (tertiary/aromatic N) is 1.